The van der Waals surface area contributed by atoms with Gasteiger partial charge in [-0.3, -0.25) is 4.55 Å². The van der Waals surface area contributed by atoms with Crippen molar-refractivity contribution in [3.8, 4) is 0 Å². The predicted octanol–water partition coefficient (Wildman–Crippen LogP) is 1.24. The van der Waals surface area contributed by atoms with Crippen molar-refractivity contribution in [1.82, 2.24) is 5.32 Å². The first-order valence-corrected chi connectivity index (χ1v) is 6.40. The predicted molar refractivity (Wildman–Crippen MR) is 66.2 cm³/mol. The highest BCUT2D eigenvalue weighted by Gasteiger charge is 2.09. The summed E-state index contributed by atoms with van der Waals surface area (Å²) in [7, 11) is -4.18. The summed E-state index contributed by atoms with van der Waals surface area (Å²) >= 11 is 4.94. The molecule has 0 saturated heterocycles. The number of nitrogens with one attached hydrogen (secondary N) is 2. The third-order valence-corrected chi connectivity index (χ3v) is 2.82. The molecule has 0 aliphatic carbocycles. The Balaban J connectivity index is 2.88. The Morgan fingerprint density at radius 2 is 2.19 bits per heavy atom. The molecule has 0 saturated carbocycles. The van der Waals surface area contributed by atoms with Crippen molar-refractivity contribution in [3.05, 3.63) is 24.3 Å². The average molecular weight is 260 g/mol. The van der Waals surface area contributed by atoms with E-state index in [-0.39, 0.29) is 4.90 Å². The van der Waals surface area contributed by atoms with Gasteiger partial charge in [0.05, 0.1) is 4.90 Å². The second-order valence-electron chi connectivity index (χ2n) is 2.99. The SMILES string of the molecule is CCNC(=S)Nc1cccc(S(=O)(=O)O)c1. The minimum atomic E-state index is -4.18. The minimum absolute atomic E-state index is 0.170. The molecule has 0 aromatic heterocycles. The van der Waals surface area contributed by atoms with E-state index < -0.39 is 10.1 Å². The van der Waals surface area contributed by atoms with E-state index in [0.29, 0.717) is 17.3 Å². The maximum Gasteiger partial charge on any atom is 0.294 e. The van der Waals surface area contributed by atoms with Gasteiger partial charge in [-0.05, 0) is 37.3 Å². The summed E-state index contributed by atoms with van der Waals surface area (Å²) in [5.74, 6) is 0. The Morgan fingerprint density at radius 1 is 1.50 bits per heavy atom. The standard InChI is InChI=1S/C9H12N2O3S2/c1-2-10-9(15)11-7-4-3-5-8(6-7)16(12,13)14/h3-6H,2H2,1H3,(H2,10,11,15)(H,12,13,14). The third-order valence-electron chi connectivity index (χ3n) is 1.73. The monoisotopic (exact) mass is 260 g/mol. The number of hydrogen-bond donors (Lipinski definition) is 3. The first kappa shape index (κ1) is 12.9. The molecular weight excluding hydrogens is 248 g/mol. The molecule has 0 aliphatic heterocycles. The molecule has 0 atom stereocenters. The molecule has 0 bridgehead atoms. The number of thiocarbonyl (C=S) groups is 1. The van der Waals surface area contributed by atoms with Crippen molar-refractivity contribution >= 4 is 33.1 Å². The highest BCUT2D eigenvalue weighted by atomic mass is 32.2. The van der Waals surface area contributed by atoms with Gasteiger partial charge in [-0.25, -0.2) is 0 Å². The van der Waals surface area contributed by atoms with Crippen molar-refractivity contribution in [1.29, 1.82) is 0 Å². The quantitative estimate of drug-likeness (QED) is 0.560. The number of rotatable bonds is 3. The summed E-state index contributed by atoms with van der Waals surface area (Å²) in [6, 6.07) is 5.77. The maximum atomic E-state index is 10.9. The van der Waals surface area contributed by atoms with Crippen molar-refractivity contribution in [2.45, 2.75) is 11.8 Å². The Hall–Kier alpha value is -1.18. The van der Waals surface area contributed by atoms with Crippen LogP contribution in [0.15, 0.2) is 29.2 Å². The third kappa shape index (κ3) is 3.76. The van der Waals surface area contributed by atoms with Gasteiger partial charge in [0, 0.05) is 12.2 Å². The fourth-order valence-corrected chi connectivity index (χ4v) is 1.86. The topological polar surface area (TPSA) is 78.4 Å². The molecule has 1 aromatic rings. The normalized spacial score (nSPS) is 10.9. The van der Waals surface area contributed by atoms with Crippen LogP contribution in [-0.4, -0.2) is 24.6 Å². The van der Waals surface area contributed by atoms with Crippen LogP contribution in [0.2, 0.25) is 0 Å². The first-order chi connectivity index (χ1) is 7.43. The molecule has 1 aromatic carbocycles. The van der Waals surface area contributed by atoms with Crippen LogP contribution in [0.1, 0.15) is 6.92 Å². The van der Waals surface area contributed by atoms with Gasteiger partial charge >= 0.3 is 0 Å². The molecule has 0 unspecified atom stereocenters. The Bertz CT molecular complexity index is 485. The fraction of sp³-hybridized carbons (Fsp3) is 0.222. The molecule has 1 rings (SSSR count). The molecule has 0 fully saturated rings. The molecule has 5 nitrogen and oxygen atoms in total. The smallest absolute Gasteiger partial charge is 0.294 e. The summed E-state index contributed by atoms with van der Waals surface area (Å²) in [5.41, 5.74) is 0.501. The highest BCUT2D eigenvalue weighted by molar-refractivity contribution is 7.85. The molecule has 7 heteroatoms. The van der Waals surface area contributed by atoms with E-state index in [0.717, 1.165) is 0 Å². The fourth-order valence-electron chi connectivity index (χ4n) is 1.07. The summed E-state index contributed by atoms with van der Waals surface area (Å²) in [6.07, 6.45) is 0. The largest absolute Gasteiger partial charge is 0.363 e. The lowest BCUT2D eigenvalue weighted by Crippen LogP contribution is -2.27. The molecule has 0 spiro atoms. The Morgan fingerprint density at radius 3 is 2.75 bits per heavy atom. The van der Waals surface area contributed by atoms with E-state index in [1.54, 1.807) is 6.07 Å². The second-order valence-corrected chi connectivity index (χ2v) is 4.82. The van der Waals surface area contributed by atoms with Crippen LogP contribution >= 0.6 is 12.2 Å². The van der Waals surface area contributed by atoms with Crippen LogP contribution in [0.5, 0.6) is 0 Å². The van der Waals surface area contributed by atoms with Gasteiger partial charge in [0.25, 0.3) is 10.1 Å². The van der Waals surface area contributed by atoms with Gasteiger partial charge < -0.3 is 10.6 Å². The molecular formula is C9H12N2O3S2. The van der Waals surface area contributed by atoms with Crippen molar-refractivity contribution in [3.63, 3.8) is 0 Å². The molecule has 0 radical (unpaired) electrons. The molecule has 0 heterocycles. The van der Waals surface area contributed by atoms with Crippen molar-refractivity contribution in [2.24, 2.45) is 0 Å². The summed E-state index contributed by atoms with van der Waals surface area (Å²) in [4.78, 5) is -0.170. The van der Waals surface area contributed by atoms with E-state index in [4.69, 9.17) is 16.8 Å². The van der Waals surface area contributed by atoms with Gasteiger partial charge in [0.1, 0.15) is 0 Å². The van der Waals surface area contributed by atoms with Crippen LogP contribution < -0.4 is 10.6 Å². The van der Waals surface area contributed by atoms with Crippen LogP contribution in [-0.2, 0) is 10.1 Å². The molecule has 0 aliphatic rings. The molecule has 0 amide bonds. The second kappa shape index (κ2) is 5.24. The number of anilines is 1. The van der Waals surface area contributed by atoms with E-state index in [1.807, 2.05) is 6.92 Å². The summed E-state index contributed by atoms with van der Waals surface area (Å²) in [6.45, 7) is 2.56. The number of benzene rings is 1. The lowest BCUT2D eigenvalue weighted by molar-refractivity contribution is 0.483. The van der Waals surface area contributed by atoms with Crippen molar-refractivity contribution in [2.75, 3.05) is 11.9 Å². The Kier molecular flexibility index (Phi) is 4.22. The van der Waals surface area contributed by atoms with Gasteiger partial charge in [0.2, 0.25) is 0 Å². The van der Waals surface area contributed by atoms with Gasteiger partial charge in [0.15, 0.2) is 5.11 Å². The zero-order valence-corrected chi connectivity index (χ0v) is 10.2. The zero-order chi connectivity index (χ0) is 12.2. The maximum absolute atomic E-state index is 10.9. The molecule has 88 valence electrons. The van der Waals surface area contributed by atoms with E-state index in [9.17, 15) is 8.42 Å². The average Bonchev–Trinajstić information content (AvgIpc) is 2.17. The highest BCUT2D eigenvalue weighted by Crippen LogP contribution is 2.14. The van der Waals surface area contributed by atoms with Crippen LogP contribution in [0, 0.1) is 0 Å². The van der Waals surface area contributed by atoms with E-state index in [2.05, 4.69) is 10.6 Å². The van der Waals surface area contributed by atoms with Crippen molar-refractivity contribution < 1.29 is 13.0 Å². The first-order valence-electron chi connectivity index (χ1n) is 4.56. The van der Waals surface area contributed by atoms with Gasteiger partial charge in [-0.1, -0.05) is 6.07 Å². The summed E-state index contributed by atoms with van der Waals surface area (Å²) in [5, 5.41) is 6.06. The summed E-state index contributed by atoms with van der Waals surface area (Å²) < 4.78 is 30.6. The lowest BCUT2D eigenvalue weighted by Gasteiger charge is -2.09. The van der Waals surface area contributed by atoms with E-state index in [1.165, 1.54) is 18.2 Å². The lowest BCUT2D eigenvalue weighted by atomic mass is 10.3. The van der Waals surface area contributed by atoms with Gasteiger partial charge in [-0.15, -0.1) is 0 Å². The molecule has 3 N–H and O–H groups in total. The van der Waals surface area contributed by atoms with Crippen LogP contribution in [0.25, 0.3) is 0 Å². The molecule has 16 heavy (non-hydrogen) atoms. The van der Waals surface area contributed by atoms with Gasteiger partial charge in [-0.2, -0.15) is 8.42 Å². The van der Waals surface area contributed by atoms with Crippen LogP contribution in [0.3, 0.4) is 0 Å². The minimum Gasteiger partial charge on any atom is -0.363 e. The zero-order valence-electron chi connectivity index (χ0n) is 8.60. The van der Waals surface area contributed by atoms with E-state index >= 15 is 0 Å². The number of hydrogen-bond acceptors (Lipinski definition) is 3. The van der Waals surface area contributed by atoms with Crippen LogP contribution in [0.4, 0.5) is 5.69 Å². The Labute approximate surface area is 99.6 Å².